The first-order chi connectivity index (χ1) is 14.1. The lowest BCUT2D eigenvalue weighted by Gasteiger charge is -2.34. The predicted octanol–water partition coefficient (Wildman–Crippen LogP) is 3.53. The zero-order chi connectivity index (χ0) is 20.6. The van der Waals surface area contributed by atoms with Gasteiger partial charge in [-0.15, -0.1) is 0 Å². The third-order valence-electron chi connectivity index (χ3n) is 4.51. The summed E-state index contributed by atoms with van der Waals surface area (Å²) < 4.78 is 13.5. The maximum Gasteiger partial charge on any atom is 0.194 e. The van der Waals surface area contributed by atoms with Crippen molar-refractivity contribution in [2.75, 3.05) is 39.4 Å². The van der Waals surface area contributed by atoms with Gasteiger partial charge in [0.1, 0.15) is 11.9 Å². The first-order valence-electron chi connectivity index (χ1n) is 9.78. The van der Waals surface area contributed by atoms with Crippen LogP contribution in [0.4, 0.5) is 0 Å². The molecule has 1 atom stereocenters. The fourth-order valence-corrected chi connectivity index (χ4v) is 3.56. The van der Waals surface area contributed by atoms with Gasteiger partial charge < -0.3 is 19.7 Å². The molecule has 1 unspecified atom stereocenters. The molecule has 1 aliphatic rings. The monoisotopic (exact) mass is 439 g/mol. The van der Waals surface area contributed by atoms with Crippen LogP contribution in [0, 0.1) is 0 Å². The molecule has 1 N–H and O–H groups in total. The molecule has 0 bridgehead atoms. The van der Waals surface area contributed by atoms with Gasteiger partial charge in [-0.25, -0.2) is 0 Å². The lowest BCUT2D eigenvalue weighted by molar-refractivity contribution is -0.00804. The molecule has 3 rings (SSSR count). The number of aromatic nitrogens is 2. The summed E-state index contributed by atoms with van der Waals surface area (Å²) in [6, 6.07) is 5.22. The van der Waals surface area contributed by atoms with Crippen LogP contribution in [0.5, 0.6) is 5.75 Å². The Kier molecular flexibility index (Phi) is 8.03. The summed E-state index contributed by atoms with van der Waals surface area (Å²) in [4.78, 5) is 7.00. The molecule has 1 fully saturated rings. The van der Waals surface area contributed by atoms with Gasteiger partial charge in [0.05, 0.1) is 31.0 Å². The highest BCUT2D eigenvalue weighted by Crippen LogP contribution is 2.27. The topological polar surface area (TPSA) is 63.9 Å². The van der Waals surface area contributed by atoms with Crippen molar-refractivity contribution in [1.29, 1.82) is 0 Å². The Bertz CT molecular complexity index is 827. The summed E-state index contributed by atoms with van der Waals surface area (Å²) in [7, 11) is 1.91. The van der Waals surface area contributed by atoms with Crippen LogP contribution in [0.3, 0.4) is 0 Å². The zero-order valence-corrected chi connectivity index (χ0v) is 18.3. The summed E-state index contributed by atoms with van der Waals surface area (Å²) in [5.74, 6) is 1.54. The fraction of sp³-hybridized carbons (Fsp3) is 0.500. The van der Waals surface area contributed by atoms with Gasteiger partial charge in [0.2, 0.25) is 0 Å². The van der Waals surface area contributed by atoms with Crippen molar-refractivity contribution in [3.05, 3.63) is 46.2 Å². The van der Waals surface area contributed by atoms with Crippen molar-refractivity contribution in [2.45, 2.75) is 19.4 Å². The average Bonchev–Trinajstić information content (AvgIpc) is 3.15. The molecule has 158 valence electrons. The number of rotatable bonds is 7. The van der Waals surface area contributed by atoms with E-state index in [1.807, 2.05) is 19.4 Å². The van der Waals surface area contributed by atoms with Crippen LogP contribution in [0.25, 0.3) is 0 Å². The van der Waals surface area contributed by atoms with Gasteiger partial charge >= 0.3 is 0 Å². The molecule has 0 aliphatic carbocycles. The number of aliphatic imine (C=N–C) groups is 1. The third-order valence-corrected chi connectivity index (χ3v) is 5.04. The number of hydrogen-bond donors (Lipinski definition) is 1. The molecule has 0 radical (unpaired) electrons. The number of guanidine groups is 1. The van der Waals surface area contributed by atoms with Crippen LogP contribution in [0.15, 0.2) is 35.6 Å². The van der Waals surface area contributed by atoms with E-state index in [9.17, 15) is 0 Å². The molecule has 1 aliphatic heterocycles. The van der Waals surface area contributed by atoms with E-state index in [2.05, 4.69) is 22.2 Å². The van der Waals surface area contributed by atoms with Crippen molar-refractivity contribution < 1.29 is 9.47 Å². The van der Waals surface area contributed by atoms with Gasteiger partial charge in [0.25, 0.3) is 0 Å². The summed E-state index contributed by atoms with van der Waals surface area (Å²) in [5.41, 5.74) is 1.08. The van der Waals surface area contributed by atoms with Gasteiger partial charge in [-0.1, -0.05) is 23.2 Å². The SMILES string of the molecule is CCNC(=NCCCOc1ccc(Cl)cc1Cl)N1CCOC(c2cnn(C)c2)C1. The van der Waals surface area contributed by atoms with E-state index < -0.39 is 0 Å². The second-order valence-electron chi connectivity index (χ2n) is 6.77. The maximum atomic E-state index is 6.13. The van der Waals surface area contributed by atoms with Gasteiger partial charge in [-0.2, -0.15) is 5.10 Å². The minimum Gasteiger partial charge on any atom is -0.492 e. The van der Waals surface area contributed by atoms with Gasteiger partial charge in [-0.3, -0.25) is 9.67 Å². The van der Waals surface area contributed by atoms with Crippen molar-refractivity contribution in [1.82, 2.24) is 20.0 Å². The van der Waals surface area contributed by atoms with Crippen LogP contribution in [0.2, 0.25) is 10.0 Å². The van der Waals surface area contributed by atoms with E-state index in [1.54, 1.807) is 22.9 Å². The number of halogens is 2. The second kappa shape index (κ2) is 10.7. The van der Waals surface area contributed by atoms with E-state index >= 15 is 0 Å². The Morgan fingerprint density at radius 3 is 3.00 bits per heavy atom. The molecule has 2 heterocycles. The average molecular weight is 440 g/mol. The molecule has 7 nitrogen and oxygen atoms in total. The van der Waals surface area contributed by atoms with E-state index in [1.165, 1.54) is 0 Å². The highest BCUT2D eigenvalue weighted by atomic mass is 35.5. The lowest BCUT2D eigenvalue weighted by atomic mass is 10.1. The van der Waals surface area contributed by atoms with Crippen molar-refractivity contribution in [3.63, 3.8) is 0 Å². The molecule has 0 spiro atoms. The molecule has 1 aromatic heterocycles. The number of aryl methyl sites for hydroxylation is 1. The molecule has 1 saturated heterocycles. The van der Waals surface area contributed by atoms with Crippen molar-refractivity contribution in [2.24, 2.45) is 12.0 Å². The van der Waals surface area contributed by atoms with Crippen LogP contribution in [-0.4, -0.2) is 60.0 Å². The summed E-state index contributed by atoms with van der Waals surface area (Å²) >= 11 is 12.0. The minimum atomic E-state index is -0.00307. The quantitative estimate of drug-likeness (QED) is 0.406. The first kappa shape index (κ1) is 21.7. The Labute approximate surface area is 181 Å². The number of benzene rings is 1. The first-order valence-corrected chi connectivity index (χ1v) is 10.5. The van der Waals surface area contributed by atoms with Crippen LogP contribution >= 0.6 is 23.2 Å². The number of nitrogens with zero attached hydrogens (tertiary/aromatic N) is 4. The van der Waals surface area contributed by atoms with Crippen molar-refractivity contribution in [3.8, 4) is 5.75 Å². The van der Waals surface area contributed by atoms with E-state index in [4.69, 9.17) is 37.7 Å². The molecule has 0 amide bonds. The number of ether oxygens (including phenoxy) is 2. The Morgan fingerprint density at radius 2 is 2.28 bits per heavy atom. The Morgan fingerprint density at radius 1 is 1.41 bits per heavy atom. The Hall–Kier alpha value is -1.96. The summed E-state index contributed by atoms with van der Waals surface area (Å²) in [6.07, 6.45) is 4.63. The van der Waals surface area contributed by atoms with Crippen molar-refractivity contribution >= 4 is 29.2 Å². The second-order valence-corrected chi connectivity index (χ2v) is 7.61. The predicted molar refractivity (Wildman–Crippen MR) is 116 cm³/mol. The fourth-order valence-electron chi connectivity index (χ4n) is 3.10. The molecule has 9 heteroatoms. The Balaban J connectivity index is 1.52. The standard InChI is InChI=1S/C20H27Cl2N5O2/c1-3-23-20(24-7-4-9-28-18-6-5-16(21)11-17(18)22)27-8-10-29-19(14-27)15-12-25-26(2)13-15/h5-6,11-13,19H,3-4,7-10,14H2,1-2H3,(H,23,24). The highest BCUT2D eigenvalue weighted by Gasteiger charge is 2.25. The number of nitrogens with one attached hydrogen (secondary N) is 1. The van der Waals surface area contributed by atoms with Crippen LogP contribution in [-0.2, 0) is 11.8 Å². The third kappa shape index (κ3) is 6.26. The molecular weight excluding hydrogens is 413 g/mol. The van der Waals surface area contributed by atoms with Crippen LogP contribution < -0.4 is 10.1 Å². The highest BCUT2D eigenvalue weighted by molar-refractivity contribution is 6.35. The van der Waals surface area contributed by atoms with E-state index in [0.29, 0.717) is 35.6 Å². The lowest BCUT2D eigenvalue weighted by Crippen LogP contribution is -2.48. The molecule has 0 saturated carbocycles. The van der Waals surface area contributed by atoms with Gasteiger partial charge in [-0.05, 0) is 25.1 Å². The maximum absolute atomic E-state index is 6.13. The van der Waals surface area contributed by atoms with Gasteiger partial charge in [0.15, 0.2) is 5.96 Å². The number of morpholine rings is 1. The summed E-state index contributed by atoms with van der Waals surface area (Å²) in [5, 5.41) is 8.73. The molecule has 1 aromatic carbocycles. The molecule has 29 heavy (non-hydrogen) atoms. The van der Waals surface area contributed by atoms with E-state index in [0.717, 1.165) is 37.6 Å². The summed E-state index contributed by atoms with van der Waals surface area (Å²) in [6.45, 7) is 6.27. The molecule has 2 aromatic rings. The van der Waals surface area contributed by atoms with Gasteiger partial charge in [0, 0.05) is 49.9 Å². The smallest absolute Gasteiger partial charge is 0.194 e. The van der Waals surface area contributed by atoms with E-state index in [-0.39, 0.29) is 6.10 Å². The molecular formula is C20H27Cl2N5O2. The normalized spacial score (nSPS) is 17.4. The largest absolute Gasteiger partial charge is 0.492 e. The number of hydrogen-bond acceptors (Lipinski definition) is 4. The zero-order valence-electron chi connectivity index (χ0n) is 16.8. The minimum absolute atomic E-state index is 0.00307. The van der Waals surface area contributed by atoms with Crippen LogP contribution in [0.1, 0.15) is 25.0 Å².